The largest absolute Gasteiger partial charge is 0.508 e. The Morgan fingerprint density at radius 2 is 2.29 bits per heavy atom. The van der Waals surface area contributed by atoms with Gasteiger partial charge >= 0.3 is 5.97 Å². The number of nitrogen functional groups attached to an aromatic ring is 1. The van der Waals surface area contributed by atoms with E-state index in [2.05, 4.69) is 0 Å². The molecule has 0 spiro atoms. The smallest absolute Gasteiger partial charge is 0.310 e. The van der Waals surface area contributed by atoms with E-state index in [4.69, 9.17) is 15.6 Å². The second-order valence-corrected chi connectivity index (χ2v) is 2.86. The van der Waals surface area contributed by atoms with Crippen LogP contribution in [0.3, 0.4) is 0 Å². The average Bonchev–Trinajstić information content (AvgIpc) is 2.10. The van der Waals surface area contributed by atoms with Gasteiger partial charge in [-0.05, 0) is 18.6 Å². The summed E-state index contributed by atoms with van der Waals surface area (Å²) in [6.45, 7) is 2.11. The van der Waals surface area contributed by atoms with E-state index in [1.54, 1.807) is 13.0 Å². The Hall–Kier alpha value is -1.71. The molecule has 1 aromatic rings. The van der Waals surface area contributed by atoms with Gasteiger partial charge in [0.1, 0.15) is 5.75 Å². The number of benzene rings is 1. The predicted molar refractivity (Wildman–Crippen MR) is 52.9 cm³/mol. The first-order valence-corrected chi connectivity index (χ1v) is 4.36. The van der Waals surface area contributed by atoms with Crippen LogP contribution in [-0.4, -0.2) is 17.7 Å². The molecule has 0 aromatic heterocycles. The highest BCUT2D eigenvalue weighted by atomic mass is 16.5. The molecule has 0 bridgehead atoms. The summed E-state index contributed by atoms with van der Waals surface area (Å²) in [6, 6.07) is 4.51. The Balaban J connectivity index is 2.72. The molecule has 0 heterocycles. The van der Waals surface area contributed by atoms with Crippen LogP contribution in [0.1, 0.15) is 12.5 Å². The van der Waals surface area contributed by atoms with Gasteiger partial charge in [-0.15, -0.1) is 0 Å². The molecule has 0 aliphatic rings. The zero-order valence-corrected chi connectivity index (χ0v) is 7.99. The van der Waals surface area contributed by atoms with Crippen molar-refractivity contribution >= 4 is 11.7 Å². The second kappa shape index (κ2) is 4.50. The van der Waals surface area contributed by atoms with E-state index < -0.39 is 0 Å². The van der Waals surface area contributed by atoms with E-state index in [1.165, 1.54) is 12.1 Å². The van der Waals surface area contributed by atoms with Crippen LogP contribution in [0, 0.1) is 0 Å². The van der Waals surface area contributed by atoms with Crippen molar-refractivity contribution < 1.29 is 14.6 Å². The maximum atomic E-state index is 11.1. The molecule has 0 unspecified atom stereocenters. The molecule has 0 aliphatic carbocycles. The number of hydrogen-bond acceptors (Lipinski definition) is 4. The lowest BCUT2D eigenvalue weighted by molar-refractivity contribution is -0.142. The molecule has 0 atom stereocenters. The van der Waals surface area contributed by atoms with Crippen molar-refractivity contribution in [2.75, 3.05) is 12.3 Å². The minimum atomic E-state index is -0.315. The lowest BCUT2D eigenvalue weighted by Gasteiger charge is -2.05. The zero-order valence-electron chi connectivity index (χ0n) is 7.99. The third-order valence-corrected chi connectivity index (χ3v) is 1.77. The highest BCUT2D eigenvalue weighted by molar-refractivity contribution is 5.75. The van der Waals surface area contributed by atoms with E-state index in [1.807, 2.05) is 0 Å². The quantitative estimate of drug-likeness (QED) is 0.559. The summed E-state index contributed by atoms with van der Waals surface area (Å²) in [5, 5.41) is 9.08. The van der Waals surface area contributed by atoms with Crippen LogP contribution in [-0.2, 0) is 16.0 Å². The molecule has 3 N–H and O–H groups in total. The van der Waals surface area contributed by atoms with Crippen LogP contribution in [0.15, 0.2) is 18.2 Å². The molecule has 0 aliphatic heterocycles. The molecule has 14 heavy (non-hydrogen) atoms. The number of phenolic OH excluding ortho intramolecular Hbond substituents is 1. The summed E-state index contributed by atoms with van der Waals surface area (Å²) in [4.78, 5) is 11.1. The van der Waals surface area contributed by atoms with Gasteiger partial charge in [-0.1, -0.05) is 6.07 Å². The third kappa shape index (κ3) is 2.65. The average molecular weight is 195 g/mol. The highest BCUT2D eigenvalue weighted by Crippen LogP contribution is 2.19. The molecule has 76 valence electrons. The van der Waals surface area contributed by atoms with Crippen molar-refractivity contribution in [3.05, 3.63) is 23.8 Å². The fraction of sp³-hybridized carbons (Fsp3) is 0.300. The van der Waals surface area contributed by atoms with Gasteiger partial charge in [-0.2, -0.15) is 0 Å². The summed E-state index contributed by atoms with van der Waals surface area (Å²) in [6.07, 6.45) is 0.139. The number of rotatable bonds is 3. The van der Waals surface area contributed by atoms with Crippen molar-refractivity contribution in [1.82, 2.24) is 0 Å². The van der Waals surface area contributed by atoms with Gasteiger partial charge in [-0.3, -0.25) is 4.79 Å². The summed E-state index contributed by atoms with van der Waals surface area (Å²) in [5.41, 5.74) is 6.67. The van der Waals surface area contributed by atoms with Crippen molar-refractivity contribution in [3.8, 4) is 5.75 Å². The summed E-state index contributed by atoms with van der Waals surface area (Å²) in [7, 11) is 0. The lowest BCUT2D eigenvalue weighted by atomic mass is 10.1. The van der Waals surface area contributed by atoms with Gasteiger partial charge in [0.25, 0.3) is 0 Å². The van der Waals surface area contributed by atoms with Crippen LogP contribution in [0.4, 0.5) is 5.69 Å². The fourth-order valence-corrected chi connectivity index (χ4v) is 1.11. The van der Waals surface area contributed by atoms with Crippen molar-refractivity contribution in [1.29, 1.82) is 0 Å². The predicted octanol–water partition coefficient (Wildman–Crippen LogP) is 1.08. The Bertz CT molecular complexity index is 336. The minimum Gasteiger partial charge on any atom is -0.508 e. The van der Waals surface area contributed by atoms with Gasteiger partial charge in [0.05, 0.1) is 13.0 Å². The number of anilines is 1. The molecule has 1 aromatic carbocycles. The van der Waals surface area contributed by atoms with E-state index in [-0.39, 0.29) is 18.1 Å². The van der Waals surface area contributed by atoms with Gasteiger partial charge in [0.2, 0.25) is 0 Å². The maximum Gasteiger partial charge on any atom is 0.310 e. The molecule has 0 saturated carbocycles. The zero-order chi connectivity index (χ0) is 10.6. The number of carbonyl (C=O) groups excluding carboxylic acids is 1. The monoisotopic (exact) mass is 195 g/mol. The summed E-state index contributed by atoms with van der Waals surface area (Å²) >= 11 is 0. The fourth-order valence-electron chi connectivity index (χ4n) is 1.11. The topological polar surface area (TPSA) is 72.5 Å². The maximum absolute atomic E-state index is 11.1. The normalized spacial score (nSPS) is 9.79. The van der Waals surface area contributed by atoms with Crippen LogP contribution in [0.25, 0.3) is 0 Å². The van der Waals surface area contributed by atoms with Gasteiger partial charge in [0.15, 0.2) is 0 Å². The van der Waals surface area contributed by atoms with Crippen LogP contribution < -0.4 is 5.73 Å². The third-order valence-electron chi connectivity index (χ3n) is 1.77. The van der Waals surface area contributed by atoms with Crippen molar-refractivity contribution in [2.24, 2.45) is 0 Å². The van der Waals surface area contributed by atoms with Crippen molar-refractivity contribution in [3.63, 3.8) is 0 Å². The van der Waals surface area contributed by atoms with Crippen LogP contribution in [0.2, 0.25) is 0 Å². The Kier molecular flexibility index (Phi) is 3.34. The first-order valence-electron chi connectivity index (χ1n) is 4.36. The van der Waals surface area contributed by atoms with Gasteiger partial charge < -0.3 is 15.6 Å². The van der Waals surface area contributed by atoms with Gasteiger partial charge in [0, 0.05) is 11.8 Å². The van der Waals surface area contributed by atoms with E-state index in [0.717, 1.165) is 0 Å². The first kappa shape index (κ1) is 10.4. The molecule has 0 fully saturated rings. The summed E-state index contributed by atoms with van der Waals surface area (Å²) in [5.74, 6) is -0.222. The number of esters is 1. The van der Waals surface area contributed by atoms with Crippen LogP contribution >= 0.6 is 0 Å². The second-order valence-electron chi connectivity index (χ2n) is 2.86. The minimum absolute atomic E-state index is 0.0927. The number of ether oxygens (including phenoxy) is 1. The Morgan fingerprint density at radius 1 is 1.57 bits per heavy atom. The summed E-state index contributed by atoms with van der Waals surface area (Å²) < 4.78 is 4.77. The van der Waals surface area contributed by atoms with E-state index in [9.17, 15) is 4.79 Å². The molecule has 0 saturated heterocycles. The number of nitrogens with two attached hydrogens (primary N) is 1. The molecule has 1 rings (SSSR count). The number of aromatic hydroxyl groups is 1. The molecule has 0 amide bonds. The van der Waals surface area contributed by atoms with Crippen LogP contribution in [0.5, 0.6) is 5.75 Å². The first-order chi connectivity index (χ1) is 6.63. The highest BCUT2D eigenvalue weighted by Gasteiger charge is 2.07. The Morgan fingerprint density at radius 3 is 2.86 bits per heavy atom. The molecule has 0 radical (unpaired) electrons. The number of carbonyl (C=O) groups is 1. The van der Waals surface area contributed by atoms with Crippen molar-refractivity contribution in [2.45, 2.75) is 13.3 Å². The van der Waals surface area contributed by atoms with Gasteiger partial charge in [-0.25, -0.2) is 0 Å². The van der Waals surface area contributed by atoms with E-state index >= 15 is 0 Å². The van der Waals surface area contributed by atoms with E-state index in [0.29, 0.717) is 17.9 Å². The molecule has 4 heteroatoms. The Labute approximate surface area is 82.3 Å². The molecular weight excluding hydrogens is 182 g/mol. The lowest BCUT2D eigenvalue weighted by Crippen LogP contribution is -2.08. The SMILES string of the molecule is CCOC(=O)Cc1ccc(O)cc1N. The molecular formula is C10H13NO3. The number of phenols is 1. The standard InChI is InChI=1S/C10H13NO3/c1-2-14-10(13)5-7-3-4-8(12)6-9(7)11/h3-4,6,12H,2,5,11H2,1H3. The molecule has 4 nitrogen and oxygen atoms in total. The number of hydrogen-bond donors (Lipinski definition) is 2.